The first-order chi connectivity index (χ1) is 13.6. The maximum atomic E-state index is 11.6. The lowest BCUT2D eigenvalue weighted by molar-refractivity contribution is -0.153. The average molecular weight is 393 g/mol. The Morgan fingerprint density at radius 2 is 1.11 bits per heavy atom. The molecule has 0 spiro atoms. The quantitative estimate of drug-likeness (QED) is 0.0973. The summed E-state index contributed by atoms with van der Waals surface area (Å²) in [5.74, 6) is -1.26. The summed E-state index contributed by atoms with van der Waals surface area (Å²) in [6, 6.07) is 0. The minimum atomic E-state index is -0.694. The molecule has 28 heavy (non-hydrogen) atoms. The first kappa shape index (κ1) is 26.6. The molecule has 3 nitrogen and oxygen atoms in total. The molecule has 0 bridgehead atoms. The largest absolute Gasteiger partial charge is 0.386 e. The third kappa shape index (κ3) is 18.0. The lowest BCUT2D eigenvalue weighted by Gasteiger charge is -2.03. The molecule has 3 heteroatoms. The highest BCUT2D eigenvalue weighted by Crippen LogP contribution is 2.14. The van der Waals surface area contributed by atoms with E-state index in [1.165, 1.54) is 96.3 Å². The van der Waals surface area contributed by atoms with E-state index in [9.17, 15) is 9.59 Å². The van der Waals surface area contributed by atoms with Crippen LogP contribution in [0.25, 0.3) is 0 Å². The molecule has 162 valence electrons. The summed E-state index contributed by atoms with van der Waals surface area (Å²) in [5.41, 5.74) is 0.496. The summed E-state index contributed by atoms with van der Waals surface area (Å²) in [4.78, 5) is 22.5. The van der Waals surface area contributed by atoms with Gasteiger partial charge in [-0.05, 0) is 19.8 Å². The molecule has 0 rings (SSSR count). The van der Waals surface area contributed by atoms with Gasteiger partial charge < -0.3 is 4.74 Å². The van der Waals surface area contributed by atoms with Gasteiger partial charge in [0.2, 0.25) is 0 Å². The Kier molecular flexibility index (Phi) is 19.4. The highest BCUT2D eigenvalue weighted by Gasteiger charge is 2.08. The van der Waals surface area contributed by atoms with E-state index in [1.54, 1.807) is 6.92 Å². The van der Waals surface area contributed by atoms with Gasteiger partial charge in [0, 0.05) is 11.6 Å². The summed E-state index contributed by atoms with van der Waals surface area (Å²) in [7, 11) is 0. The Balaban J connectivity index is 3.33. The van der Waals surface area contributed by atoms with Gasteiger partial charge in [-0.2, -0.15) is 0 Å². The van der Waals surface area contributed by atoms with Crippen LogP contribution in [0.1, 0.15) is 123 Å². The molecule has 0 aliphatic carbocycles. The number of hydrogen-bond donors (Lipinski definition) is 0. The van der Waals surface area contributed by atoms with Gasteiger partial charge in [0.25, 0.3) is 0 Å². The number of esters is 2. The van der Waals surface area contributed by atoms with Crippen LogP contribution in [0.3, 0.4) is 0 Å². The lowest BCUT2D eigenvalue weighted by Crippen LogP contribution is -2.10. The van der Waals surface area contributed by atoms with Crippen molar-refractivity contribution in [3.8, 4) is 0 Å². The minimum Gasteiger partial charge on any atom is -0.386 e. The molecule has 0 unspecified atom stereocenters. The summed E-state index contributed by atoms with van der Waals surface area (Å²) in [6.07, 6.45) is 25.4. The molecule has 0 aromatic heterocycles. The third-order valence-electron chi connectivity index (χ3n) is 5.19. The monoisotopic (exact) mass is 392 g/mol. The number of carbonyl (C=O) groups is 2. The Morgan fingerprint density at radius 1 is 0.714 bits per heavy atom. The minimum absolute atomic E-state index is 0.496. The molecule has 0 aliphatic heterocycles. The van der Waals surface area contributed by atoms with Crippen LogP contribution >= 0.6 is 0 Å². The van der Waals surface area contributed by atoms with E-state index in [0.29, 0.717) is 5.57 Å². The second-order valence-corrected chi connectivity index (χ2v) is 7.89. The van der Waals surface area contributed by atoms with Gasteiger partial charge in [-0.1, -0.05) is 116 Å². The molecule has 0 aromatic carbocycles. The zero-order valence-corrected chi connectivity index (χ0v) is 18.6. The fourth-order valence-electron chi connectivity index (χ4n) is 3.31. The average Bonchev–Trinajstić information content (AvgIpc) is 2.69. The second kappa shape index (κ2) is 20.4. The van der Waals surface area contributed by atoms with E-state index in [0.717, 1.165) is 18.9 Å². The van der Waals surface area contributed by atoms with Crippen molar-refractivity contribution < 1.29 is 14.3 Å². The smallest absolute Gasteiger partial charge is 0.341 e. The fourth-order valence-corrected chi connectivity index (χ4v) is 3.31. The Morgan fingerprint density at radius 3 is 1.50 bits per heavy atom. The molecule has 0 fully saturated rings. The summed E-state index contributed by atoms with van der Waals surface area (Å²) < 4.78 is 4.58. The third-order valence-corrected chi connectivity index (χ3v) is 5.19. The standard InChI is InChI=1S/C25H44O3/c1-4-6-7-8-9-10-11-12-13-14-15-16-17-18-19-20-21-22-23(3)25(27)28-24(26)5-2/h5,22H,2,4,6-21H2,1,3H3. The molecular formula is C25H44O3. The van der Waals surface area contributed by atoms with Crippen molar-refractivity contribution in [3.63, 3.8) is 0 Å². The van der Waals surface area contributed by atoms with E-state index in [2.05, 4.69) is 18.2 Å². The van der Waals surface area contributed by atoms with E-state index in [-0.39, 0.29) is 0 Å². The van der Waals surface area contributed by atoms with Gasteiger partial charge in [-0.3, -0.25) is 0 Å². The number of ether oxygens (including phenoxy) is 1. The highest BCUT2D eigenvalue weighted by atomic mass is 16.6. The number of hydrogen-bond acceptors (Lipinski definition) is 3. The van der Waals surface area contributed by atoms with Crippen LogP contribution in [0.15, 0.2) is 24.3 Å². The predicted molar refractivity (Wildman–Crippen MR) is 119 cm³/mol. The van der Waals surface area contributed by atoms with Gasteiger partial charge in [0.05, 0.1) is 0 Å². The van der Waals surface area contributed by atoms with Gasteiger partial charge >= 0.3 is 11.9 Å². The van der Waals surface area contributed by atoms with Gasteiger partial charge in [0.15, 0.2) is 0 Å². The molecule has 0 aromatic rings. The SMILES string of the molecule is C=CC(=O)OC(=O)C(C)=CCCCCCCCCCCCCCCCCCC. The maximum Gasteiger partial charge on any atom is 0.341 e. The van der Waals surface area contributed by atoms with Crippen LogP contribution in [0.5, 0.6) is 0 Å². The van der Waals surface area contributed by atoms with Crippen molar-refractivity contribution in [3.05, 3.63) is 24.3 Å². The van der Waals surface area contributed by atoms with Crippen molar-refractivity contribution in [2.24, 2.45) is 0 Å². The van der Waals surface area contributed by atoms with Crippen LogP contribution in [0, 0.1) is 0 Å². The topological polar surface area (TPSA) is 43.4 Å². The zero-order valence-electron chi connectivity index (χ0n) is 18.6. The molecule has 0 radical (unpaired) electrons. The number of rotatable bonds is 19. The molecule has 0 saturated carbocycles. The molecule has 0 N–H and O–H groups in total. The van der Waals surface area contributed by atoms with Gasteiger partial charge in [0.1, 0.15) is 0 Å². The molecule has 0 amide bonds. The van der Waals surface area contributed by atoms with E-state index in [4.69, 9.17) is 0 Å². The van der Waals surface area contributed by atoms with Crippen molar-refractivity contribution >= 4 is 11.9 Å². The number of allylic oxidation sites excluding steroid dienone is 1. The predicted octanol–water partition coefficient (Wildman–Crippen LogP) is 7.84. The number of carbonyl (C=O) groups excluding carboxylic acids is 2. The van der Waals surface area contributed by atoms with Crippen LogP contribution < -0.4 is 0 Å². The van der Waals surface area contributed by atoms with E-state index < -0.39 is 11.9 Å². The molecule has 0 heterocycles. The lowest BCUT2D eigenvalue weighted by atomic mass is 10.0. The van der Waals surface area contributed by atoms with Gasteiger partial charge in [-0.15, -0.1) is 0 Å². The van der Waals surface area contributed by atoms with Crippen molar-refractivity contribution in [2.45, 2.75) is 123 Å². The van der Waals surface area contributed by atoms with Crippen molar-refractivity contribution in [1.82, 2.24) is 0 Å². The molecular weight excluding hydrogens is 348 g/mol. The van der Waals surface area contributed by atoms with Crippen LogP contribution in [0.2, 0.25) is 0 Å². The van der Waals surface area contributed by atoms with Crippen molar-refractivity contribution in [2.75, 3.05) is 0 Å². The fraction of sp³-hybridized carbons (Fsp3) is 0.760. The molecule has 0 saturated heterocycles. The maximum absolute atomic E-state index is 11.6. The molecule has 0 atom stereocenters. The molecule has 0 aliphatic rings. The zero-order chi connectivity index (χ0) is 20.9. The highest BCUT2D eigenvalue weighted by molar-refractivity contribution is 5.98. The Bertz CT molecular complexity index is 437. The summed E-state index contributed by atoms with van der Waals surface area (Å²) in [6.45, 7) is 7.24. The Hall–Kier alpha value is -1.38. The Labute approximate surface area is 174 Å². The summed E-state index contributed by atoms with van der Waals surface area (Å²) in [5, 5.41) is 0. The van der Waals surface area contributed by atoms with Gasteiger partial charge in [-0.25, -0.2) is 9.59 Å². The summed E-state index contributed by atoms with van der Waals surface area (Å²) >= 11 is 0. The first-order valence-electron chi connectivity index (χ1n) is 11.7. The van der Waals surface area contributed by atoms with Crippen LogP contribution in [-0.4, -0.2) is 11.9 Å². The first-order valence-corrected chi connectivity index (χ1v) is 11.7. The number of unbranched alkanes of at least 4 members (excludes halogenated alkanes) is 16. The second-order valence-electron chi connectivity index (χ2n) is 7.89. The van der Waals surface area contributed by atoms with Crippen LogP contribution in [0.4, 0.5) is 0 Å². The van der Waals surface area contributed by atoms with Crippen LogP contribution in [-0.2, 0) is 14.3 Å². The van der Waals surface area contributed by atoms with Crippen molar-refractivity contribution in [1.29, 1.82) is 0 Å². The van der Waals surface area contributed by atoms with E-state index in [1.807, 2.05) is 6.08 Å². The van der Waals surface area contributed by atoms with E-state index >= 15 is 0 Å². The normalized spacial score (nSPS) is 11.4.